The number of carbonyl (C=O) groups excluding carboxylic acids is 1. The summed E-state index contributed by atoms with van der Waals surface area (Å²) >= 11 is 0. The number of hydrogen-bond donors (Lipinski definition) is 1. The Morgan fingerprint density at radius 3 is 2.78 bits per heavy atom. The number of rotatable bonds is 4. The van der Waals surface area contributed by atoms with E-state index in [4.69, 9.17) is 9.72 Å². The molecule has 0 radical (unpaired) electrons. The van der Waals surface area contributed by atoms with Gasteiger partial charge in [0.15, 0.2) is 0 Å². The third kappa shape index (κ3) is 3.54. The van der Waals surface area contributed by atoms with Crippen LogP contribution in [0.15, 0.2) is 18.2 Å². The van der Waals surface area contributed by atoms with Gasteiger partial charge >= 0.3 is 0 Å². The Balaban J connectivity index is 1.81. The van der Waals surface area contributed by atoms with Crippen LogP contribution in [0.5, 0.6) is 0 Å². The van der Waals surface area contributed by atoms with Gasteiger partial charge in [0.1, 0.15) is 5.82 Å². The summed E-state index contributed by atoms with van der Waals surface area (Å²) in [5.41, 5.74) is 2.79. The van der Waals surface area contributed by atoms with Gasteiger partial charge in [-0.2, -0.15) is 0 Å². The Bertz CT molecular complexity index is 702. The van der Waals surface area contributed by atoms with E-state index in [1.54, 1.807) is 0 Å². The quantitative estimate of drug-likeness (QED) is 0.937. The van der Waals surface area contributed by atoms with E-state index in [2.05, 4.69) is 14.8 Å². The summed E-state index contributed by atoms with van der Waals surface area (Å²) in [5.74, 6) is 1.02. The lowest BCUT2D eigenvalue weighted by molar-refractivity contribution is -0.118. The van der Waals surface area contributed by atoms with Gasteiger partial charge in [-0.05, 0) is 18.2 Å². The van der Waals surface area contributed by atoms with E-state index in [9.17, 15) is 4.79 Å². The van der Waals surface area contributed by atoms with Crippen LogP contribution in [0.4, 0.5) is 5.69 Å². The molecule has 1 aromatic carbocycles. The maximum absolute atomic E-state index is 11.8. The first-order valence-electron chi connectivity index (χ1n) is 8.11. The Kier molecular flexibility index (Phi) is 4.63. The first kappa shape index (κ1) is 16.0. The molecule has 1 amide bonds. The molecule has 6 heteroatoms. The van der Waals surface area contributed by atoms with Gasteiger partial charge in [0.05, 0.1) is 30.8 Å². The van der Waals surface area contributed by atoms with Crippen LogP contribution in [0, 0.1) is 5.92 Å². The zero-order valence-corrected chi connectivity index (χ0v) is 14.0. The highest BCUT2D eigenvalue weighted by Crippen LogP contribution is 2.21. The molecule has 2 aromatic rings. The first-order chi connectivity index (χ1) is 11.0. The molecule has 1 saturated heterocycles. The summed E-state index contributed by atoms with van der Waals surface area (Å²) in [7, 11) is 2.04. The highest BCUT2D eigenvalue weighted by Gasteiger charge is 2.15. The maximum Gasteiger partial charge on any atom is 0.226 e. The third-order valence-corrected chi connectivity index (χ3v) is 4.23. The summed E-state index contributed by atoms with van der Waals surface area (Å²) < 4.78 is 7.51. The molecule has 2 heterocycles. The van der Waals surface area contributed by atoms with Crippen molar-refractivity contribution in [3.05, 3.63) is 24.0 Å². The van der Waals surface area contributed by atoms with Crippen molar-refractivity contribution in [2.24, 2.45) is 13.0 Å². The summed E-state index contributed by atoms with van der Waals surface area (Å²) in [6.45, 7) is 8.05. The molecule has 1 aliphatic heterocycles. The second kappa shape index (κ2) is 6.68. The Morgan fingerprint density at radius 1 is 1.35 bits per heavy atom. The minimum absolute atomic E-state index is 0.0221. The maximum atomic E-state index is 11.8. The predicted octanol–water partition coefficient (Wildman–Crippen LogP) is 2.00. The zero-order valence-electron chi connectivity index (χ0n) is 14.0. The summed E-state index contributed by atoms with van der Waals surface area (Å²) in [4.78, 5) is 18.9. The molecule has 0 aliphatic carbocycles. The van der Waals surface area contributed by atoms with Gasteiger partial charge in [-0.25, -0.2) is 4.98 Å². The van der Waals surface area contributed by atoms with Gasteiger partial charge in [-0.3, -0.25) is 9.69 Å². The molecule has 0 atom stereocenters. The third-order valence-electron chi connectivity index (χ3n) is 4.23. The molecular formula is C17H24N4O2. The number of aryl methyl sites for hydroxylation is 1. The van der Waals surface area contributed by atoms with Crippen molar-refractivity contribution in [3.63, 3.8) is 0 Å². The van der Waals surface area contributed by atoms with E-state index < -0.39 is 0 Å². The number of carbonyl (C=O) groups is 1. The van der Waals surface area contributed by atoms with Crippen molar-refractivity contribution >= 4 is 22.6 Å². The van der Waals surface area contributed by atoms with Crippen LogP contribution in [-0.4, -0.2) is 46.7 Å². The van der Waals surface area contributed by atoms with Gasteiger partial charge in [-0.1, -0.05) is 13.8 Å². The van der Waals surface area contributed by atoms with Crippen LogP contribution in [0.1, 0.15) is 19.7 Å². The Hall–Kier alpha value is -1.92. The number of benzene rings is 1. The number of nitrogens with one attached hydrogen (secondary N) is 1. The molecule has 124 valence electrons. The van der Waals surface area contributed by atoms with Crippen molar-refractivity contribution in [2.45, 2.75) is 20.4 Å². The normalized spacial score (nSPS) is 16.2. The molecule has 1 fully saturated rings. The Labute approximate surface area is 136 Å². The predicted molar refractivity (Wildman–Crippen MR) is 90.3 cm³/mol. The molecular weight excluding hydrogens is 292 g/mol. The number of imidazole rings is 1. The van der Waals surface area contributed by atoms with E-state index in [1.807, 2.05) is 39.1 Å². The van der Waals surface area contributed by atoms with E-state index in [-0.39, 0.29) is 11.8 Å². The fourth-order valence-corrected chi connectivity index (χ4v) is 2.71. The molecule has 1 aromatic heterocycles. The number of fused-ring (bicyclic) bond motifs is 1. The number of morpholine rings is 1. The lowest BCUT2D eigenvalue weighted by atomic mass is 10.2. The fourth-order valence-electron chi connectivity index (χ4n) is 2.71. The van der Waals surface area contributed by atoms with E-state index >= 15 is 0 Å². The van der Waals surface area contributed by atoms with Crippen LogP contribution in [0.25, 0.3) is 11.0 Å². The highest BCUT2D eigenvalue weighted by atomic mass is 16.5. The summed E-state index contributed by atoms with van der Waals surface area (Å²) in [6, 6.07) is 5.89. The second-order valence-corrected chi connectivity index (χ2v) is 6.32. The molecule has 6 nitrogen and oxygen atoms in total. The fraction of sp³-hybridized carbons (Fsp3) is 0.529. The molecule has 3 rings (SSSR count). The molecule has 0 unspecified atom stereocenters. The highest BCUT2D eigenvalue weighted by molar-refractivity contribution is 5.94. The average molecular weight is 316 g/mol. The topological polar surface area (TPSA) is 59.4 Å². The minimum Gasteiger partial charge on any atom is -0.379 e. The van der Waals surface area contributed by atoms with Crippen molar-refractivity contribution in [1.82, 2.24) is 14.5 Å². The lowest BCUT2D eigenvalue weighted by Gasteiger charge is -2.26. The number of nitrogens with zero attached hydrogens (tertiary/aromatic N) is 3. The first-order valence-corrected chi connectivity index (χ1v) is 8.11. The molecule has 0 bridgehead atoms. The van der Waals surface area contributed by atoms with Crippen molar-refractivity contribution < 1.29 is 9.53 Å². The SMILES string of the molecule is CC(C)C(=O)Nc1ccc2c(c1)nc(CN1CCOCC1)n2C. The summed E-state index contributed by atoms with van der Waals surface area (Å²) in [6.07, 6.45) is 0. The van der Waals surface area contributed by atoms with Gasteiger partial charge in [0, 0.05) is 31.7 Å². The van der Waals surface area contributed by atoms with Gasteiger partial charge in [0.2, 0.25) is 5.91 Å². The Morgan fingerprint density at radius 2 is 2.09 bits per heavy atom. The van der Waals surface area contributed by atoms with Crippen LogP contribution in [-0.2, 0) is 23.1 Å². The molecule has 23 heavy (non-hydrogen) atoms. The number of anilines is 1. The minimum atomic E-state index is -0.0358. The van der Waals surface area contributed by atoms with E-state index in [0.717, 1.165) is 55.4 Å². The number of amides is 1. The lowest BCUT2D eigenvalue weighted by Crippen LogP contribution is -2.36. The van der Waals surface area contributed by atoms with Crippen molar-refractivity contribution in [2.75, 3.05) is 31.6 Å². The van der Waals surface area contributed by atoms with Gasteiger partial charge < -0.3 is 14.6 Å². The monoisotopic (exact) mass is 316 g/mol. The number of aromatic nitrogens is 2. The van der Waals surface area contributed by atoms with Crippen LogP contribution in [0.2, 0.25) is 0 Å². The smallest absolute Gasteiger partial charge is 0.226 e. The van der Waals surface area contributed by atoms with E-state index in [1.165, 1.54) is 0 Å². The van der Waals surface area contributed by atoms with Crippen molar-refractivity contribution in [1.29, 1.82) is 0 Å². The largest absolute Gasteiger partial charge is 0.379 e. The van der Waals surface area contributed by atoms with Crippen molar-refractivity contribution in [3.8, 4) is 0 Å². The molecule has 1 N–H and O–H groups in total. The van der Waals surface area contributed by atoms with E-state index in [0.29, 0.717) is 0 Å². The van der Waals surface area contributed by atoms with Crippen LogP contribution in [0.3, 0.4) is 0 Å². The van der Waals surface area contributed by atoms with Gasteiger partial charge in [0.25, 0.3) is 0 Å². The number of ether oxygens (including phenoxy) is 1. The molecule has 0 saturated carbocycles. The van der Waals surface area contributed by atoms with Crippen LogP contribution < -0.4 is 5.32 Å². The molecule has 0 spiro atoms. The zero-order chi connectivity index (χ0) is 16.4. The van der Waals surface area contributed by atoms with Gasteiger partial charge in [-0.15, -0.1) is 0 Å². The standard InChI is InChI=1S/C17H24N4O2/c1-12(2)17(22)18-13-4-5-15-14(10-13)19-16(20(15)3)11-21-6-8-23-9-7-21/h4-5,10,12H,6-9,11H2,1-3H3,(H,18,22). The van der Waals surface area contributed by atoms with Crippen LogP contribution >= 0.6 is 0 Å². The second-order valence-electron chi connectivity index (χ2n) is 6.32. The average Bonchev–Trinajstić information content (AvgIpc) is 2.84. The molecule has 1 aliphatic rings. The summed E-state index contributed by atoms with van der Waals surface area (Å²) in [5, 5.41) is 2.93. The number of hydrogen-bond acceptors (Lipinski definition) is 4.